The van der Waals surface area contributed by atoms with E-state index in [9.17, 15) is 9.59 Å². The van der Waals surface area contributed by atoms with Crippen LogP contribution >= 0.6 is 0 Å². The van der Waals surface area contributed by atoms with Crippen molar-refractivity contribution in [3.63, 3.8) is 0 Å². The van der Waals surface area contributed by atoms with E-state index in [0.717, 1.165) is 50.8 Å². The molecule has 0 spiro atoms. The number of allylic oxidation sites excluding steroid dienone is 2. The van der Waals surface area contributed by atoms with Crippen LogP contribution in [0.4, 0.5) is 0 Å². The summed E-state index contributed by atoms with van der Waals surface area (Å²) in [7, 11) is 1.55. The van der Waals surface area contributed by atoms with Gasteiger partial charge in [0.05, 0.1) is 13.7 Å². The molecule has 0 radical (unpaired) electrons. The van der Waals surface area contributed by atoms with Gasteiger partial charge in [0, 0.05) is 13.0 Å². The number of amides is 1. The Balaban J connectivity index is 1.74. The first kappa shape index (κ1) is 24.9. The van der Waals surface area contributed by atoms with Gasteiger partial charge in [-0.15, -0.1) is 0 Å². The highest BCUT2D eigenvalue weighted by Gasteiger charge is 2.17. The largest absolute Gasteiger partial charge is 0.493 e. The van der Waals surface area contributed by atoms with E-state index in [2.05, 4.69) is 36.2 Å². The van der Waals surface area contributed by atoms with E-state index in [4.69, 9.17) is 9.47 Å². The molecule has 2 rings (SSSR count). The average molecular weight is 431 g/mol. The number of unbranched alkanes of at least 4 members (excludes halogenated alkanes) is 2. The van der Waals surface area contributed by atoms with Crippen LogP contribution in [0, 0.1) is 5.92 Å². The van der Waals surface area contributed by atoms with E-state index < -0.39 is 0 Å². The minimum absolute atomic E-state index is 0.0452. The number of carbonyl (C=O) groups excluding carboxylic acids is 2. The molecule has 0 unspecified atom stereocenters. The second-order valence-electron chi connectivity index (χ2n) is 8.49. The number of rotatable bonds is 12. The van der Waals surface area contributed by atoms with Crippen LogP contribution in [0.15, 0.2) is 30.4 Å². The Kier molecular flexibility index (Phi) is 11.1. The summed E-state index contributed by atoms with van der Waals surface area (Å²) in [5.74, 6) is 1.25. The maximum atomic E-state index is 12.3. The highest BCUT2D eigenvalue weighted by Crippen LogP contribution is 2.28. The number of methoxy groups -OCH3 is 1. The fourth-order valence-corrected chi connectivity index (χ4v) is 3.57. The minimum Gasteiger partial charge on any atom is -0.493 e. The SMILES string of the molecule is COc1cc(CNC(=O)CCCC/C=C/C(C)C)ccc1OC(=O)CN1CCCCC1. The van der Waals surface area contributed by atoms with Gasteiger partial charge in [0.25, 0.3) is 0 Å². The van der Waals surface area contributed by atoms with E-state index in [-0.39, 0.29) is 11.9 Å². The van der Waals surface area contributed by atoms with Crippen molar-refractivity contribution in [3.8, 4) is 11.5 Å². The quantitative estimate of drug-likeness (QED) is 0.229. The van der Waals surface area contributed by atoms with Gasteiger partial charge < -0.3 is 14.8 Å². The van der Waals surface area contributed by atoms with Crippen molar-refractivity contribution < 1.29 is 19.1 Å². The number of nitrogens with one attached hydrogen (secondary N) is 1. The van der Waals surface area contributed by atoms with Crippen LogP contribution in [0.25, 0.3) is 0 Å². The third-order valence-corrected chi connectivity index (χ3v) is 5.29. The van der Waals surface area contributed by atoms with Crippen LogP contribution < -0.4 is 14.8 Å². The summed E-state index contributed by atoms with van der Waals surface area (Å²) in [4.78, 5) is 26.5. The second kappa shape index (κ2) is 13.9. The van der Waals surface area contributed by atoms with Gasteiger partial charge in [-0.1, -0.05) is 38.5 Å². The number of benzene rings is 1. The molecule has 1 aromatic carbocycles. The summed E-state index contributed by atoms with van der Waals surface area (Å²) in [6, 6.07) is 5.39. The van der Waals surface area contributed by atoms with E-state index in [1.165, 1.54) is 6.42 Å². The number of hydrogen-bond acceptors (Lipinski definition) is 5. The van der Waals surface area contributed by atoms with Crippen molar-refractivity contribution >= 4 is 11.9 Å². The molecule has 1 aliphatic rings. The third-order valence-electron chi connectivity index (χ3n) is 5.29. The molecular formula is C25H38N2O4. The summed E-state index contributed by atoms with van der Waals surface area (Å²) < 4.78 is 10.9. The van der Waals surface area contributed by atoms with Gasteiger partial charge >= 0.3 is 5.97 Å². The normalized spacial score (nSPS) is 14.7. The van der Waals surface area contributed by atoms with Gasteiger partial charge in [0.1, 0.15) is 0 Å². The Morgan fingerprint density at radius 3 is 2.61 bits per heavy atom. The summed E-state index contributed by atoms with van der Waals surface area (Å²) in [5.41, 5.74) is 0.904. The molecule has 1 heterocycles. The number of nitrogens with zero attached hydrogens (tertiary/aromatic N) is 1. The van der Waals surface area contributed by atoms with Crippen molar-refractivity contribution in [1.29, 1.82) is 0 Å². The van der Waals surface area contributed by atoms with Crippen LogP contribution in [-0.4, -0.2) is 43.5 Å². The van der Waals surface area contributed by atoms with Crippen molar-refractivity contribution in [1.82, 2.24) is 10.2 Å². The topological polar surface area (TPSA) is 67.9 Å². The molecule has 0 atom stereocenters. The van der Waals surface area contributed by atoms with Crippen molar-refractivity contribution in [2.24, 2.45) is 5.92 Å². The molecule has 172 valence electrons. The first-order valence-corrected chi connectivity index (χ1v) is 11.5. The van der Waals surface area contributed by atoms with Crippen LogP contribution in [0.3, 0.4) is 0 Å². The number of carbonyl (C=O) groups is 2. The van der Waals surface area contributed by atoms with Crippen LogP contribution in [-0.2, 0) is 16.1 Å². The summed E-state index contributed by atoms with van der Waals surface area (Å²) in [5, 5.41) is 2.95. The maximum absolute atomic E-state index is 12.3. The lowest BCUT2D eigenvalue weighted by atomic mass is 10.1. The van der Waals surface area contributed by atoms with Crippen LogP contribution in [0.2, 0.25) is 0 Å². The number of ether oxygens (including phenoxy) is 2. The molecule has 1 aliphatic heterocycles. The zero-order chi connectivity index (χ0) is 22.5. The average Bonchev–Trinajstić information content (AvgIpc) is 2.75. The highest BCUT2D eigenvalue weighted by molar-refractivity contribution is 5.76. The zero-order valence-corrected chi connectivity index (χ0v) is 19.3. The molecule has 1 aromatic rings. The summed E-state index contributed by atoms with van der Waals surface area (Å²) in [6.45, 7) is 6.92. The monoisotopic (exact) mass is 430 g/mol. The first-order valence-electron chi connectivity index (χ1n) is 11.5. The van der Waals surface area contributed by atoms with E-state index in [1.54, 1.807) is 19.2 Å². The Hall–Kier alpha value is -2.34. The van der Waals surface area contributed by atoms with Gasteiger partial charge in [-0.2, -0.15) is 0 Å². The summed E-state index contributed by atoms with van der Waals surface area (Å²) >= 11 is 0. The third kappa shape index (κ3) is 10.0. The van der Waals surface area contributed by atoms with Crippen molar-refractivity contribution in [2.75, 3.05) is 26.7 Å². The molecule has 1 fully saturated rings. The molecular weight excluding hydrogens is 392 g/mol. The second-order valence-corrected chi connectivity index (χ2v) is 8.49. The smallest absolute Gasteiger partial charge is 0.325 e. The molecule has 1 saturated heterocycles. The molecule has 6 nitrogen and oxygen atoms in total. The lowest BCUT2D eigenvalue weighted by molar-refractivity contribution is -0.136. The predicted molar refractivity (Wildman–Crippen MR) is 123 cm³/mol. The molecule has 31 heavy (non-hydrogen) atoms. The molecule has 0 saturated carbocycles. The maximum Gasteiger partial charge on any atom is 0.325 e. The number of piperidine rings is 1. The van der Waals surface area contributed by atoms with E-state index in [1.807, 2.05) is 6.07 Å². The van der Waals surface area contributed by atoms with Crippen molar-refractivity contribution in [3.05, 3.63) is 35.9 Å². The first-order chi connectivity index (χ1) is 15.0. The molecule has 1 N–H and O–H groups in total. The molecule has 0 aliphatic carbocycles. The fourth-order valence-electron chi connectivity index (χ4n) is 3.57. The summed E-state index contributed by atoms with van der Waals surface area (Å²) in [6.07, 6.45) is 11.3. The van der Waals surface area contributed by atoms with Gasteiger partial charge in [-0.3, -0.25) is 14.5 Å². The Morgan fingerprint density at radius 1 is 1.13 bits per heavy atom. The van der Waals surface area contributed by atoms with Gasteiger partial charge in [0.15, 0.2) is 11.5 Å². The Morgan fingerprint density at radius 2 is 1.90 bits per heavy atom. The molecule has 1 amide bonds. The highest BCUT2D eigenvalue weighted by atomic mass is 16.6. The fraction of sp³-hybridized carbons (Fsp3) is 0.600. The van der Waals surface area contributed by atoms with E-state index >= 15 is 0 Å². The van der Waals surface area contributed by atoms with Crippen LogP contribution in [0.5, 0.6) is 11.5 Å². The van der Waals surface area contributed by atoms with Gasteiger partial charge in [-0.05, 0) is 68.8 Å². The molecule has 0 aromatic heterocycles. The molecule has 0 bridgehead atoms. The lowest BCUT2D eigenvalue weighted by Crippen LogP contribution is -2.36. The number of hydrogen-bond donors (Lipinski definition) is 1. The predicted octanol–water partition coefficient (Wildman–Crippen LogP) is 4.48. The molecule has 6 heteroatoms. The Labute approximate surface area is 187 Å². The standard InChI is InChI=1S/C25H38N2O4/c1-20(2)11-7-4-5-8-12-24(28)26-18-21-13-14-22(23(17-21)30-3)31-25(29)19-27-15-9-6-10-16-27/h7,11,13-14,17,20H,4-6,8-10,12,15-16,18-19H2,1-3H3,(H,26,28)/b11-7+. The van der Waals surface area contributed by atoms with Gasteiger partial charge in [-0.25, -0.2) is 0 Å². The van der Waals surface area contributed by atoms with E-state index in [0.29, 0.717) is 36.9 Å². The number of likely N-dealkylation sites (tertiary alicyclic amines) is 1. The number of esters is 1. The Bertz CT molecular complexity index is 724. The van der Waals surface area contributed by atoms with Crippen molar-refractivity contribution in [2.45, 2.75) is 65.3 Å². The minimum atomic E-state index is -0.274. The van der Waals surface area contributed by atoms with Gasteiger partial charge in [0.2, 0.25) is 5.91 Å². The lowest BCUT2D eigenvalue weighted by Gasteiger charge is -2.25. The van der Waals surface area contributed by atoms with Crippen LogP contribution in [0.1, 0.15) is 64.4 Å². The zero-order valence-electron chi connectivity index (χ0n) is 19.3.